The number of halogens is 1. The Labute approximate surface area is 238 Å². The molecule has 1 unspecified atom stereocenters. The van der Waals surface area contributed by atoms with Gasteiger partial charge < -0.3 is 15.0 Å². The Bertz CT molecular complexity index is 1430. The quantitative estimate of drug-likeness (QED) is 0.248. The van der Waals surface area contributed by atoms with Gasteiger partial charge in [-0.3, -0.25) is 4.79 Å². The Morgan fingerprint density at radius 2 is 1.69 bits per heavy atom. The molecule has 204 valence electrons. The number of amides is 1. The molecule has 1 aliphatic rings. The molecule has 4 nitrogen and oxygen atoms in total. The Kier molecular flexibility index (Phi) is 9.32. The molecule has 1 amide bonds. The second-order valence-corrected chi connectivity index (χ2v) is 10.3. The molecule has 4 aromatic rings. The lowest BCUT2D eigenvalue weighted by molar-refractivity contribution is 0.0772. The molecule has 0 saturated carbocycles. The van der Waals surface area contributed by atoms with E-state index in [2.05, 4.69) is 91.1 Å². The molecule has 0 fully saturated rings. The molecule has 1 aliphatic heterocycles. The van der Waals surface area contributed by atoms with Gasteiger partial charge in [0, 0.05) is 42.7 Å². The lowest BCUT2D eigenvalue weighted by Crippen LogP contribution is -2.37. The van der Waals surface area contributed by atoms with Gasteiger partial charge >= 0.3 is 0 Å². The summed E-state index contributed by atoms with van der Waals surface area (Å²) in [5, 5.41) is 6.29. The van der Waals surface area contributed by atoms with E-state index in [1.165, 1.54) is 27.5 Å². The van der Waals surface area contributed by atoms with Gasteiger partial charge in [0.15, 0.2) is 0 Å². The van der Waals surface area contributed by atoms with Gasteiger partial charge in [0.05, 0.1) is 0 Å². The molecule has 0 aliphatic carbocycles. The van der Waals surface area contributed by atoms with Crippen LogP contribution in [-0.2, 0) is 0 Å². The number of fused-ring (bicyclic) bond motifs is 2. The van der Waals surface area contributed by atoms with Crippen molar-refractivity contribution >= 4 is 29.1 Å². The van der Waals surface area contributed by atoms with Gasteiger partial charge in [0.2, 0.25) is 0 Å². The SMILES string of the molecule is CCN(CC)C(=O)c1cc([C@@H]2C[C@H](CNC(C)c3cccc4ccccc34)Oc3ccccc32)ccc1C.Cl. The van der Waals surface area contributed by atoms with Crippen molar-refractivity contribution < 1.29 is 9.53 Å². The van der Waals surface area contributed by atoms with Crippen LogP contribution in [0, 0.1) is 6.92 Å². The van der Waals surface area contributed by atoms with Crippen molar-refractivity contribution in [1.29, 1.82) is 0 Å². The number of para-hydroxylation sites is 1. The van der Waals surface area contributed by atoms with Crippen molar-refractivity contribution in [3.8, 4) is 5.75 Å². The van der Waals surface area contributed by atoms with E-state index in [1.54, 1.807) is 0 Å². The van der Waals surface area contributed by atoms with Crippen molar-refractivity contribution in [2.24, 2.45) is 0 Å². The minimum Gasteiger partial charge on any atom is -0.489 e. The fourth-order valence-corrected chi connectivity index (χ4v) is 5.75. The van der Waals surface area contributed by atoms with Gasteiger partial charge in [-0.1, -0.05) is 72.8 Å². The average molecular weight is 543 g/mol. The highest BCUT2D eigenvalue weighted by molar-refractivity contribution is 5.96. The number of hydrogen-bond acceptors (Lipinski definition) is 3. The zero-order valence-electron chi connectivity index (χ0n) is 23.3. The summed E-state index contributed by atoms with van der Waals surface area (Å²) in [5.41, 5.74) is 5.49. The fraction of sp³-hybridized carbons (Fsp3) is 0.324. The highest BCUT2D eigenvalue weighted by Crippen LogP contribution is 2.41. The summed E-state index contributed by atoms with van der Waals surface area (Å²) in [6.07, 6.45) is 0.879. The second kappa shape index (κ2) is 12.7. The molecule has 1 heterocycles. The number of aryl methyl sites for hydroxylation is 1. The number of benzene rings is 4. The van der Waals surface area contributed by atoms with Gasteiger partial charge in [-0.15, -0.1) is 12.4 Å². The van der Waals surface area contributed by atoms with E-state index >= 15 is 0 Å². The maximum Gasteiger partial charge on any atom is 0.254 e. The molecule has 0 saturated heterocycles. The Hall–Kier alpha value is -3.34. The maximum absolute atomic E-state index is 13.3. The predicted octanol–water partition coefficient (Wildman–Crippen LogP) is 7.69. The van der Waals surface area contributed by atoms with Crippen molar-refractivity contribution in [3.63, 3.8) is 0 Å². The normalized spacial score (nSPS) is 17.0. The standard InChI is InChI=1S/C34H38N2O2.ClH/c1-5-36(6-2)34(37)31-20-26(19-18-23(31)3)32-21-27(38-33-17-10-9-15-30(32)33)22-35-24(4)28-16-11-13-25-12-7-8-14-29(25)28;/h7-20,24,27,32,35H,5-6,21-22H2,1-4H3;1H/t24?,27-,32+;/m1./s1. The minimum absolute atomic E-state index is 0. The summed E-state index contributed by atoms with van der Waals surface area (Å²) < 4.78 is 6.49. The van der Waals surface area contributed by atoms with E-state index in [0.29, 0.717) is 13.1 Å². The van der Waals surface area contributed by atoms with E-state index in [1.807, 2.05) is 31.7 Å². The van der Waals surface area contributed by atoms with Crippen LogP contribution in [0.3, 0.4) is 0 Å². The molecule has 39 heavy (non-hydrogen) atoms. The summed E-state index contributed by atoms with van der Waals surface area (Å²) in [7, 11) is 0. The van der Waals surface area contributed by atoms with Crippen LogP contribution in [0.4, 0.5) is 0 Å². The molecular weight excluding hydrogens is 504 g/mol. The number of rotatable bonds is 8. The van der Waals surface area contributed by atoms with Gasteiger partial charge in [-0.05, 0) is 73.7 Å². The van der Waals surface area contributed by atoms with Crippen LogP contribution in [-0.4, -0.2) is 36.5 Å². The Morgan fingerprint density at radius 1 is 0.974 bits per heavy atom. The number of hydrogen-bond donors (Lipinski definition) is 1. The first-order valence-corrected chi connectivity index (χ1v) is 13.9. The zero-order chi connectivity index (χ0) is 26.6. The molecule has 0 spiro atoms. The number of carbonyl (C=O) groups is 1. The predicted molar refractivity (Wildman–Crippen MR) is 163 cm³/mol. The summed E-state index contributed by atoms with van der Waals surface area (Å²) in [6.45, 7) is 10.5. The van der Waals surface area contributed by atoms with Crippen LogP contribution in [0.5, 0.6) is 5.75 Å². The zero-order valence-corrected chi connectivity index (χ0v) is 24.1. The summed E-state index contributed by atoms with van der Waals surface area (Å²) in [4.78, 5) is 15.2. The molecule has 1 N–H and O–H groups in total. The molecule has 0 radical (unpaired) electrons. The number of carbonyl (C=O) groups excluding carboxylic acids is 1. The van der Waals surface area contributed by atoms with E-state index in [9.17, 15) is 4.79 Å². The van der Waals surface area contributed by atoms with Crippen LogP contribution < -0.4 is 10.1 Å². The molecule has 5 heteroatoms. The van der Waals surface area contributed by atoms with Gasteiger partial charge in [0.25, 0.3) is 5.91 Å². The topological polar surface area (TPSA) is 41.6 Å². The Morgan fingerprint density at radius 3 is 2.49 bits per heavy atom. The third-order valence-corrected chi connectivity index (χ3v) is 7.97. The Balaban J connectivity index is 0.00000353. The third kappa shape index (κ3) is 5.98. The van der Waals surface area contributed by atoms with E-state index in [4.69, 9.17) is 4.74 Å². The van der Waals surface area contributed by atoms with Crippen LogP contribution in [0.2, 0.25) is 0 Å². The van der Waals surface area contributed by atoms with Crippen LogP contribution >= 0.6 is 12.4 Å². The van der Waals surface area contributed by atoms with E-state index in [-0.39, 0.29) is 36.4 Å². The summed E-state index contributed by atoms with van der Waals surface area (Å²) >= 11 is 0. The summed E-state index contributed by atoms with van der Waals surface area (Å²) in [6, 6.07) is 30.0. The fourth-order valence-electron chi connectivity index (χ4n) is 5.75. The molecule has 3 atom stereocenters. The first-order valence-electron chi connectivity index (χ1n) is 13.9. The molecule has 0 bridgehead atoms. The van der Waals surface area contributed by atoms with Gasteiger partial charge in [-0.2, -0.15) is 0 Å². The molecule has 5 rings (SSSR count). The smallest absolute Gasteiger partial charge is 0.254 e. The first-order chi connectivity index (χ1) is 18.5. The van der Waals surface area contributed by atoms with Gasteiger partial charge in [-0.25, -0.2) is 0 Å². The number of nitrogens with one attached hydrogen (secondary N) is 1. The third-order valence-electron chi connectivity index (χ3n) is 7.97. The maximum atomic E-state index is 13.3. The minimum atomic E-state index is 0. The monoisotopic (exact) mass is 542 g/mol. The highest BCUT2D eigenvalue weighted by atomic mass is 35.5. The van der Waals surface area contributed by atoms with Crippen molar-refractivity contribution in [2.45, 2.75) is 52.2 Å². The lowest BCUT2D eigenvalue weighted by Gasteiger charge is -2.34. The number of ether oxygens (including phenoxy) is 1. The van der Waals surface area contributed by atoms with E-state index < -0.39 is 0 Å². The molecule has 4 aromatic carbocycles. The van der Waals surface area contributed by atoms with Crippen LogP contribution in [0.15, 0.2) is 84.9 Å². The van der Waals surface area contributed by atoms with Crippen molar-refractivity contribution in [2.75, 3.05) is 19.6 Å². The lowest BCUT2D eigenvalue weighted by atomic mass is 9.83. The van der Waals surface area contributed by atoms with Gasteiger partial charge in [0.1, 0.15) is 11.9 Å². The second-order valence-electron chi connectivity index (χ2n) is 10.3. The molecule has 0 aromatic heterocycles. The number of nitrogens with zero attached hydrogens (tertiary/aromatic N) is 1. The summed E-state index contributed by atoms with van der Waals surface area (Å²) in [5.74, 6) is 1.21. The average Bonchev–Trinajstić information content (AvgIpc) is 2.96. The first kappa shape index (κ1) is 28.7. The van der Waals surface area contributed by atoms with Crippen LogP contribution in [0.1, 0.15) is 71.8 Å². The largest absolute Gasteiger partial charge is 0.489 e. The van der Waals surface area contributed by atoms with E-state index in [0.717, 1.165) is 29.8 Å². The van der Waals surface area contributed by atoms with Crippen molar-refractivity contribution in [3.05, 3.63) is 113 Å². The molecular formula is C34H39ClN2O2. The van der Waals surface area contributed by atoms with Crippen molar-refractivity contribution in [1.82, 2.24) is 10.2 Å². The van der Waals surface area contributed by atoms with Crippen LogP contribution in [0.25, 0.3) is 10.8 Å². The highest BCUT2D eigenvalue weighted by Gasteiger charge is 2.30.